The number of hydrogen-bond acceptors (Lipinski definition) is 8. The van der Waals surface area contributed by atoms with Crippen molar-refractivity contribution in [2.75, 3.05) is 40.4 Å². The fraction of sp³-hybridized carbons (Fsp3) is 0.241. The highest BCUT2D eigenvalue weighted by molar-refractivity contribution is 6.51. The Morgan fingerprint density at radius 2 is 1.36 bits per heavy atom. The van der Waals surface area contributed by atoms with Crippen molar-refractivity contribution in [3.8, 4) is 28.7 Å². The van der Waals surface area contributed by atoms with Gasteiger partial charge in [-0.2, -0.15) is 0 Å². The Bertz CT molecular complexity index is 1440. The number of nitrogens with zero attached hydrogens (tertiary/aromatic N) is 1. The summed E-state index contributed by atoms with van der Waals surface area (Å²) in [7, 11) is 7.21. The number of Topliss-reactive ketones (excluding diaryl/α,β-unsaturated/α-hetero) is 1. The average molecular weight is 554 g/mol. The smallest absolute Gasteiger partial charge is 0.300 e. The molecule has 1 atom stereocenters. The number of benzene rings is 3. The van der Waals surface area contributed by atoms with E-state index in [0.717, 1.165) is 5.56 Å². The number of ether oxygens (including phenoxy) is 5. The first-order chi connectivity index (χ1) is 18.7. The monoisotopic (exact) mass is 553 g/mol. The second-order valence-electron chi connectivity index (χ2n) is 8.65. The standard InChI is InChI=1S/C29H28ClNO8/c1-15-7-9-17(10-8-15)31-25(16-11-22(37-4)28(39-6)23(12-16)38-5)24(27(33)29(31)34)26(32)18-13-21(36-3)19(30)14-20(18)35-2/h7-14,25,32H,1-6H3/b26-24+. The number of ketones is 1. The van der Waals surface area contributed by atoms with Gasteiger partial charge < -0.3 is 28.8 Å². The van der Waals surface area contributed by atoms with Crippen LogP contribution in [0.25, 0.3) is 5.76 Å². The molecule has 0 saturated carbocycles. The summed E-state index contributed by atoms with van der Waals surface area (Å²) >= 11 is 6.26. The maximum atomic E-state index is 13.6. The molecule has 0 aliphatic carbocycles. The van der Waals surface area contributed by atoms with E-state index < -0.39 is 23.5 Å². The molecule has 0 radical (unpaired) electrons. The SMILES string of the molecule is COc1cc(/C(O)=C2\C(=O)C(=O)N(c3ccc(C)cc3)C2c2cc(OC)c(OC)c(OC)c2)c(OC)cc1Cl. The molecule has 39 heavy (non-hydrogen) atoms. The van der Waals surface area contributed by atoms with E-state index in [1.54, 1.807) is 24.3 Å². The minimum Gasteiger partial charge on any atom is -0.507 e. The molecule has 9 nitrogen and oxygen atoms in total. The maximum absolute atomic E-state index is 13.6. The number of aryl methyl sites for hydroxylation is 1. The number of halogens is 1. The van der Waals surface area contributed by atoms with Gasteiger partial charge in [-0.1, -0.05) is 29.3 Å². The highest BCUT2D eigenvalue weighted by Gasteiger charge is 2.47. The zero-order valence-corrected chi connectivity index (χ0v) is 23.1. The first-order valence-electron chi connectivity index (χ1n) is 11.8. The predicted molar refractivity (Wildman–Crippen MR) is 147 cm³/mol. The lowest BCUT2D eigenvalue weighted by atomic mass is 9.94. The number of methoxy groups -OCH3 is 5. The third kappa shape index (κ3) is 4.81. The minimum absolute atomic E-state index is 0.123. The summed E-state index contributed by atoms with van der Waals surface area (Å²) in [6, 6.07) is 12.2. The van der Waals surface area contributed by atoms with E-state index in [9.17, 15) is 14.7 Å². The van der Waals surface area contributed by atoms with Crippen LogP contribution in [0.15, 0.2) is 54.1 Å². The van der Waals surface area contributed by atoms with Gasteiger partial charge in [-0.3, -0.25) is 14.5 Å². The molecule has 4 rings (SSSR count). The van der Waals surface area contributed by atoms with Gasteiger partial charge in [-0.25, -0.2) is 0 Å². The van der Waals surface area contributed by atoms with Crippen LogP contribution in [-0.2, 0) is 9.59 Å². The highest BCUT2D eigenvalue weighted by Crippen LogP contribution is 2.48. The van der Waals surface area contributed by atoms with Gasteiger partial charge in [0.15, 0.2) is 11.5 Å². The topological polar surface area (TPSA) is 104 Å². The van der Waals surface area contributed by atoms with E-state index >= 15 is 0 Å². The first-order valence-corrected chi connectivity index (χ1v) is 12.2. The van der Waals surface area contributed by atoms with Gasteiger partial charge in [0, 0.05) is 11.8 Å². The fourth-order valence-corrected chi connectivity index (χ4v) is 4.80. The van der Waals surface area contributed by atoms with Crippen LogP contribution < -0.4 is 28.6 Å². The molecule has 0 aromatic heterocycles. The Balaban J connectivity index is 2.06. The van der Waals surface area contributed by atoms with Crippen molar-refractivity contribution in [2.24, 2.45) is 0 Å². The van der Waals surface area contributed by atoms with Gasteiger partial charge in [0.05, 0.1) is 57.8 Å². The van der Waals surface area contributed by atoms with Gasteiger partial charge in [-0.05, 0) is 42.8 Å². The number of rotatable bonds is 8. The van der Waals surface area contributed by atoms with Crippen LogP contribution in [0.2, 0.25) is 5.02 Å². The molecule has 1 heterocycles. The molecule has 1 saturated heterocycles. The Morgan fingerprint density at radius 1 is 0.795 bits per heavy atom. The normalized spacial score (nSPS) is 16.3. The van der Waals surface area contributed by atoms with Crippen LogP contribution in [0.4, 0.5) is 5.69 Å². The molecule has 1 fully saturated rings. The second kappa shape index (κ2) is 11.2. The maximum Gasteiger partial charge on any atom is 0.300 e. The third-order valence-electron chi connectivity index (χ3n) is 6.49. The highest BCUT2D eigenvalue weighted by atomic mass is 35.5. The van der Waals surface area contributed by atoms with Crippen molar-refractivity contribution in [3.63, 3.8) is 0 Å². The van der Waals surface area contributed by atoms with Crippen molar-refractivity contribution >= 4 is 34.7 Å². The van der Waals surface area contributed by atoms with E-state index in [1.165, 1.54) is 52.6 Å². The van der Waals surface area contributed by atoms with Crippen molar-refractivity contribution < 1.29 is 38.4 Å². The molecule has 3 aromatic carbocycles. The van der Waals surface area contributed by atoms with Crippen molar-refractivity contribution in [3.05, 3.63) is 75.8 Å². The number of aliphatic hydroxyl groups is 1. The van der Waals surface area contributed by atoms with Crippen LogP contribution in [0.1, 0.15) is 22.7 Å². The van der Waals surface area contributed by atoms with Crippen LogP contribution >= 0.6 is 11.6 Å². The van der Waals surface area contributed by atoms with E-state index in [4.69, 9.17) is 35.3 Å². The van der Waals surface area contributed by atoms with Crippen molar-refractivity contribution in [2.45, 2.75) is 13.0 Å². The Kier molecular flexibility index (Phi) is 7.92. The molecular formula is C29H28ClNO8. The van der Waals surface area contributed by atoms with Crippen LogP contribution in [0.3, 0.4) is 0 Å². The number of amides is 1. The Labute approximate surface area is 231 Å². The van der Waals surface area contributed by atoms with Crippen LogP contribution in [-0.4, -0.2) is 52.3 Å². The Hall–Kier alpha value is -4.37. The third-order valence-corrected chi connectivity index (χ3v) is 6.78. The first kappa shape index (κ1) is 27.7. The van der Waals surface area contributed by atoms with Crippen LogP contribution in [0.5, 0.6) is 28.7 Å². The lowest BCUT2D eigenvalue weighted by Crippen LogP contribution is -2.29. The molecule has 3 aromatic rings. The number of aliphatic hydroxyl groups excluding tert-OH is 1. The summed E-state index contributed by atoms with van der Waals surface area (Å²) in [6.45, 7) is 1.91. The molecule has 204 valence electrons. The Morgan fingerprint density at radius 3 is 1.87 bits per heavy atom. The average Bonchev–Trinajstić information content (AvgIpc) is 3.21. The zero-order chi connectivity index (χ0) is 28.4. The fourth-order valence-electron chi connectivity index (χ4n) is 4.57. The predicted octanol–water partition coefficient (Wildman–Crippen LogP) is 5.32. The van der Waals surface area contributed by atoms with Gasteiger partial charge in [0.1, 0.15) is 17.3 Å². The molecule has 1 N–H and O–H groups in total. The second-order valence-corrected chi connectivity index (χ2v) is 9.06. The number of carbonyl (C=O) groups excluding carboxylic acids is 2. The summed E-state index contributed by atoms with van der Waals surface area (Å²) in [5.41, 5.74) is 1.82. The van der Waals surface area contributed by atoms with E-state index in [0.29, 0.717) is 28.5 Å². The van der Waals surface area contributed by atoms with E-state index in [-0.39, 0.29) is 27.7 Å². The van der Waals surface area contributed by atoms with Crippen molar-refractivity contribution in [1.29, 1.82) is 0 Å². The molecule has 1 aliphatic heterocycles. The van der Waals surface area contributed by atoms with Crippen LogP contribution in [0, 0.1) is 6.92 Å². The summed E-state index contributed by atoms with van der Waals surface area (Å²) in [4.78, 5) is 28.5. The summed E-state index contributed by atoms with van der Waals surface area (Å²) in [5.74, 6) is -0.783. The number of anilines is 1. The molecule has 0 bridgehead atoms. The number of carbonyl (C=O) groups is 2. The quantitative estimate of drug-likeness (QED) is 0.227. The molecule has 1 amide bonds. The minimum atomic E-state index is -1.06. The molecule has 10 heteroatoms. The van der Waals surface area contributed by atoms with Crippen molar-refractivity contribution in [1.82, 2.24) is 0 Å². The number of hydrogen-bond donors (Lipinski definition) is 1. The largest absolute Gasteiger partial charge is 0.507 e. The lowest BCUT2D eigenvalue weighted by molar-refractivity contribution is -0.132. The molecule has 1 unspecified atom stereocenters. The summed E-state index contributed by atoms with van der Waals surface area (Å²) in [6.07, 6.45) is 0. The zero-order valence-electron chi connectivity index (χ0n) is 22.3. The van der Waals surface area contributed by atoms with E-state index in [1.807, 2.05) is 19.1 Å². The van der Waals surface area contributed by atoms with Gasteiger partial charge in [0.25, 0.3) is 11.7 Å². The van der Waals surface area contributed by atoms with Gasteiger partial charge in [-0.15, -0.1) is 0 Å². The molecular weight excluding hydrogens is 526 g/mol. The summed E-state index contributed by atoms with van der Waals surface area (Å²) < 4.78 is 27.3. The van der Waals surface area contributed by atoms with E-state index in [2.05, 4.69) is 0 Å². The molecule has 0 spiro atoms. The summed E-state index contributed by atoms with van der Waals surface area (Å²) in [5, 5.41) is 11.9. The van der Waals surface area contributed by atoms with Gasteiger partial charge >= 0.3 is 0 Å². The molecule has 1 aliphatic rings. The van der Waals surface area contributed by atoms with Gasteiger partial charge in [0.2, 0.25) is 5.75 Å². The lowest BCUT2D eigenvalue weighted by Gasteiger charge is -2.27.